The predicted molar refractivity (Wildman–Crippen MR) is 151 cm³/mol. The fourth-order valence-corrected chi connectivity index (χ4v) is 5.57. The van der Waals surface area contributed by atoms with Crippen molar-refractivity contribution in [2.45, 2.75) is 23.9 Å². The van der Waals surface area contributed by atoms with Crippen molar-refractivity contribution < 1.29 is 9.59 Å². The van der Waals surface area contributed by atoms with Crippen LogP contribution in [0.4, 0.5) is 16.2 Å². The minimum Gasteiger partial charge on any atom is -0.365 e. The van der Waals surface area contributed by atoms with Crippen LogP contribution in [-0.2, 0) is 11.3 Å². The molecule has 5 rings (SSSR count). The van der Waals surface area contributed by atoms with Gasteiger partial charge in [0.05, 0.1) is 18.2 Å². The van der Waals surface area contributed by atoms with E-state index in [4.69, 9.17) is 0 Å². The topological polar surface area (TPSA) is 80.5 Å². The Balaban J connectivity index is 1.38. The molecule has 7 nitrogen and oxygen atoms in total. The third-order valence-corrected chi connectivity index (χ3v) is 7.60. The van der Waals surface area contributed by atoms with E-state index in [1.807, 2.05) is 54.4 Å². The quantitative estimate of drug-likeness (QED) is 0.300. The standard InChI is InChI=1S/C29H31N5O2S/c1-33(2)28(35)18-25(32-29(36)31-23-10-8-21-12-13-30-24(21)17-23)22-9-11-27-26(16-22)34(14-15-37-27)19-20-6-4-3-5-7-20/h3-13,16-17,25,30H,14-15,18-19H2,1-2H3,(H2,31,32,36)/t25-/m0/s1. The number of H-pyrrole nitrogens is 1. The summed E-state index contributed by atoms with van der Waals surface area (Å²) in [5, 5.41) is 7.04. The second-order valence-corrected chi connectivity index (χ2v) is 10.5. The molecule has 0 saturated heterocycles. The fraction of sp³-hybridized carbons (Fsp3) is 0.241. The van der Waals surface area contributed by atoms with Crippen LogP contribution in [0.5, 0.6) is 0 Å². The highest BCUT2D eigenvalue weighted by Crippen LogP contribution is 2.38. The molecule has 190 valence electrons. The lowest BCUT2D eigenvalue weighted by Gasteiger charge is -2.32. The summed E-state index contributed by atoms with van der Waals surface area (Å²) in [4.78, 5) is 34.1. The summed E-state index contributed by atoms with van der Waals surface area (Å²) >= 11 is 1.84. The second-order valence-electron chi connectivity index (χ2n) is 9.41. The lowest BCUT2D eigenvalue weighted by Crippen LogP contribution is -2.36. The number of hydrogen-bond acceptors (Lipinski definition) is 4. The van der Waals surface area contributed by atoms with Gasteiger partial charge in [-0.2, -0.15) is 0 Å². The minimum atomic E-state index is -0.472. The molecular formula is C29H31N5O2S. The lowest BCUT2D eigenvalue weighted by atomic mass is 10.0. The number of nitrogens with one attached hydrogen (secondary N) is 3. The summed E-state index contributed by atoms with van der Waals surface area (Å²) in [7, 11) is 3.46. The lowest BCUT2D eigenvalue weighted by molar-refractivity contribution is -0.129. The van der Waals surface area contributed by atoms with Crippen molar-refractivity contribution in [1.29, 1.82) is 0 Å². The Kier molecular flexibility index (Phi) is 7.37. The first kappa shape index (κ1) is 24.8. The molecule has 0 radical (unpaired) electrons. The van der Waals surface area contributed by atoms with Gasteiger partial charge in [0.2, 0.25) is 5.91 Å². The highest BCUT2D eigenvalue weighted by molar-refractivity contribution is 7.99. The van der Waals surface area contributed by atoms with Gasteiger partial charge in [-0.15, -0.1) is 11.8 Å². The molecule has 37 heavy (non-hydrogen) atoms. The zero-order chi connectivity index (χ0) is 25.8. The van der Waals surface area contributed by atoms with Gasteiger partial charge in [0.25, 0.3) is 0 Å². The van der Waals surface area contributed by atoms with Crippen molar-refractivity contribution in [1.82, 2.24) is 15.2 Å². The van der Waals surface area contributed by atoms with Crippen LogP contribution < -0.4 is 15.5 Å². The van der Waals surface area contributed by atoms with E-state index in [1.54, 1.807) is 19.0 Å². The first-order chi connectivity index (χ1) is 18.0. The number of carbonyl (C=O) groups excluding carboxylic acids is 2. The first-order valence-electron chi connectivity index (χ1n) is 12.4. The third-order valence-electron chi connectivity index (χ3n) is 6.56. The molecule has 1 aliphatic rings. The summed E-state index contributed by atoms with van der Waals surface area (Å²) in [6.45, 7) is 1.75. The molecular weight excluding hydrogens is 482 g/mol. The van der Waals surface area contributed by atoms with Gasteiger partial charge in [0.15, 0.2) is 0 Å². The van der Waals surface area contributed by atoms with Gasteiger partial charge in [-0.1, -0.05) is 42.5 Å². The minimum absolute atomic E-state index is 0.0497. The van der Waals surface area contributed by atoms with Crippen LogP contribution in [0.1, 0.15) is 23.6 Å². The third kappa shape index (κ3) is 5.91. The average Bonchev–Trinajstić information content (AvgIpc) is 3.37. The molecule has 3 amide bonds. The van der Waals surface area contributed by atoms with Crippen molar-refractivity contribution in [3.8, 4) is 0 Å². The number of fused-ring (bicyclic) bond motifs is 2. The number of thioether (sulfide) groups is 1. The average molecular weight is 514 g/mol. The molecule has 3 N–H and O–H groups in total. The van der Waals surface area contributed by atoms with Crippen LogP contribution in [0.25, 0.3) is 10.9 Å². The monoisotopic (exact) mass is 513 g/mol. The van der Waals surface area contributed by atoms with Crippen LogP contribution in [0, 0.1) is 0 Å². The van der Waals surface area contributed by atoms with E-state index in [9.17, 15) is 9.59 Å². The van der Waals surface area contributed by atoms with Crippen molar-refractivity contribution in [2.75, 3.05) is 36.6 Å². The number of benzene rings is 3. The van der Waals surface area contributed by atoms with E-state index in [0.29, 0.717) is 5.69 Å². The summed E-state index contributed by atoms with van der Waals surface area (Å²) in [5.74, 6) is 0.972. The van der Waals surface area contributed by atoms with E-state index in [2.05, 4.69) is 56.9 Å². The first-order valence-corrected chi connectivity index (χ1v) is 13.4. The number of rotatable bonds is 7. The van der Waals surface area contributed by atoms with Gasteiger partial charge >= 0.3 is 6.03 Å². The summed E-state index contributed by atoms with van der Waals surface area (Å²) in [5.41, 5.74) is 4.93. The molecule has 0 spiro atoms. The fourth-order valence-electron chi connectivity index (χ4n) is 4.54. The Morgan fingerprint density at radius 3 is 2.70 bits per heavy atom. The number of aromatic nitrogens is 1. The molecule has 1 aromatic heterocycles. The largest absolute Gasteiger partial charge is 0.365 e. The Hall–Kier alpha value is -3.91. The molecule has 8 heteroatoms. The zero-order valence-corrected chi connectivity index (χ0v) is 21.8. The molecule has 3 aromatic carbocycles. The van der Waals surface area contributed by atoms with Crippen LogP contribution >= 0.6 is 11.8 Å². The number of aromatic amines is 1. The molecule has 2 heterocycles. The number of amides is 3. The molecule has 0 aliphatic carbocycles. The number of anilines is 2. The Morgan fingerprint density at radius 1 is 1.05 bits per heavy atom. The smallest absolute Gasteiger partial charge is 0.319 e. The van der Waals surface area contributed by atoms with Crippen LogP contribution in [0.2, 0.25) is 0 Å². The highest BCUT2D eigenvalue weighted by Gasteiger charge is 2.24. The van der Waals surface area contributed by atoms with Crippen molar-refractivity contribution in [3.63, 3.8) is 0 Å². The van der Waals surface area contributed by atoms with Crippen LogP contribution in [-0.4, -0.2) is 48.2 Å². The maximum absolute atomic E-state index is 13.0. The van der Waals surface area contributed by atoms with E-state index in [1.165, 1.54) is 10.5 Å². The SMILES string of the molecule is CN(C)C(=O)C[C@H](NC(=O)Nc1ccc2cc[nH]c2c1)c1ccc2c(c1)N(Cc1ccccc1)CCS2. The van der Waals surface area contributed by atoms with E-state index in [-0.39, 0.29) is 18.4 Å². The number of urea groups is 1. The van der Waals surface area contributed by atoms with Crippen molar-refractivity contribution in [2.24, 2.45) is 0 Å². The van der Waals surface area contributed by atoms with Gasteiger partial charge in [-0.05, 0) is 46.8 Å². The Labute approximate surface area is 221 Å². The summed E-state index contributed by atoms with van der Waals surface area (Å²) in [6.07, 6.45) is 2.04. The van der Waals surface area contributed by atoms with Gasteiger partial charge in [0.1, 0.15) is 0 Å². The normalized spacial score (nSPS) is 13.6. The number of hydrogen-bond donors (Lipinski definition) is 3. The van der Waals surface area contributed by atoms with Crippen molar-refractivity contribution in [3.05, 3.63) is 90.1 Å². The number of nitrogens with zero attached hydrogens (tertiary/aromatic N) is 2. The maximum atomic E-state index is 13.0. The van der Waals surface area contributed by atoms with E-state index in [0.717, 1.165) is 41.0 Å². The molecule has 1 aliphatic heterocycles. The van der Waals surface area contributed by atoms with E-state index >= 15 is 0 Å². The predicted octanol–water partition coefficient (Wildman–Crippen LogP) is 5.62. The van der Waals surface area contributed by atoms with Crippen molar-refractivity contribution >= 4 is 46.0 Å². The van der Waals surface area contributed by atoms with Gasteiger partial charge in [-0.3, -0.25) is 4.79 Å². The number of carbonyl (C=O) groups is 2. The second kappa shape index (κ2) is 11.0. The molecule has 0 bridgehead atoms. The van der Waals surface area contributed by atoms with Crippen LogP contribution in [0.15, 0.2) is 83.9 Å². The Morgan fingerprint density at radius 2 is 1.89 bits per heavy atom. The molecule has 4 aromatic rings. The summed E-state index contributed by atoms with van der Waals surface area (Å²) < 4.78 is 0. The van der Waals surface area contributed by atoms with Gasteiger partial charge in [-0.25, -0.2) is 4.79 Å². The molecule has 1 atom stereocenters. The van der Waals surface area contributed by atoms with E-state index < -0.39 is 6.04 Å². The Bertz CT molecular complexity index is 1400. The van der Waals surface area contributed by atoms with Crippen LogP contribution in [0.3, 0.4) is 0 Å². The van der Waals surface area contributed by atoms with Gasteiger partial charge in [0, 0.05) is 55.2 Å². The molecule has 0 fully saturated rings. The molecule has 0 saturated carbocycles. The van der Waals surface area contributed by atoms with Gasteiger partial charge < -0.3 is 25.4 Å². The zero-order valence-electron chi connectivity index (χ0n) is 21.0. The maximum Gasteiger partial charge on any atom is 0.319 e. The highest BCUT2D eigenvalue weighted by atomic mass is 32.2. The molecule has 0 unspecified atom stereocenters. The summed E-state index contributed by atoms with van der Waals surface area (Å²) in [6, 6.07) is 23.6.